The molecule has 0 bridgehead atoms. The van der Waals surface area contributed by atoms with Gasteiger partial charge in [-0.1, -0.05) is 15.9 Å². The van der Waals surface area contributed by atoms with E-state index < -0.39 is 5.60 Å². The van der Waals surface area contributed by atoms with E-state index >= 15 is 0 Å². The van der Waals surface area contributed by atoms with E-state index in [1.807, 2.05) is 51.2 Å². The van der Waals surface area contributed by atoms with E-state index in [4.69, 9.17) is 4.74 Å². The maximum Gasteiger partial charge on any atom is 0.410 e. The van der Waals surface area contributed by atoms with Gasteiger partial charge < -0.3 is 14.5 Å². The molecule has 6 heteroatoms. The van der Waals surface area contributed by atoms with Crippen molar-refractivity contribution in [2.24, 2.45) is 5.92 Å². The Hall–Kier alpha value is -1.82. The summed E-state index contributed by atoms with van der Waals surface area (Å²) in [6, 6.07) is 7.35. The molecular weight excluding hydrogens is 372 g/mol. The second-order valence-corrected chi connectivity index (χ2v) is 8.14. The van der Waals surface area contributed by atoms with Gasteiger partial charge in [0.15, 0.2) is 0 Å². The van der Waals surface area contributed by atoms with Crippen molar-refractivity contribution in [3.63, 3.8) is 0 Å². The van der Waals surface area contributed by atoms with E-state index in [9.17, 15) is 9.59 Å². The first-order chi connectivity index (χ1) is 11.2. The molecule has 24 heavy (non-hydrogen) atoms. The van der Waals surface area contributed by atoms with Crippen LogP contribution in [-0.2, 0) is 4.74 Å². The number of halogens is 1. The molecule has 1 saturated heterocycles. The Bertz CT molecular complexity index is 691. The SMILES string of the molecule is CC(C)(C)OC(=O)N1CC2=CN(C(=O)c3ccc(Br)cc3)CC2C1. The summed E-state index contributed by atoms with van der Waals surface area (Å²) in [5.74, 6) is 0.199. The largest absolute Gasteiger partial charge is 0.444 e. The van der Waals surface area contributed by atoms with Crippen LogP contribution >= 0.6 is 15.9 Å². The summed E-state index contributed by atoms with van der Waals surface area (Å²) in [6.07, 6.45) is 1.60. The number of likely N-dealkylation sites (tertiary alicyclic amines) is 1. The Kier molecular flexibility index (Phi) is 4.42. The van der Waals surface area contributed by atoms with Gasteiger partial charge in [-0.15, -0.1) is 0 Å². The van der Waals surface area contributed by atoms with Gasteiger partial charge in [-0.05, 0) is 50.6 Å². The fraction of sp³-hybridized carbons (Fsp3) is 0.444. The minimum Gasteiger partial charge on any atom is -0.444 e. The molecule has 0 N–H and O–H groups in total. The van der Waals surface area contributed by atoms with Crippen LogP contribution in [0.25, 0.3) is 0 Å². The Balaban J connectivity index is 1.65. The van der Waals surface area contributed by atoms with Crippen LogP contribution in [0.1, 0.15) is 31.1 Å². The van der Waals surface area contributed by atoms with Crippen molar-refractivity contribution < 1.29 is 14.3 Å². The molecule has 1 aromatic rings. The summed E-state index contributed by atoms with van der Waals surface area (Å²) in [5.41, 5.74) is 1.29. The average Bonchev–Trinajstić information content (AvgIpc) is 3.04. The molecule has 0 radical (unpaired) electrons. The fourth-order valence-electron chi connectivity index (χ4n) is 2.97. The second kappa shape index (κ2) is 6.24. The lowest BCUT2D eigenvalue weighted by molar-refractivity contribution is 0.0287. The number of hydrogen-bond acceptors (Lipinski definition) is 3. The molecular formula is C18H21BrN2O3. The van der Waals surface area contributed by atoms with E-state index in [2.05, 4.69) is 15.9 Å². The number of benzene rings is 1. The van der Waals surface area contributed by atoms with E-state index in [-0.39, 0.29) is 17.9 Å². The van der Waals surface area contributed by atoms with Crippen molar-refractivity contribution in [1.82, 2.24) is 9.80 Å². The molecule has 1 atom stereocenters. The molecule has 0 saturated carbocycles. The number of carbonyl (C=O) groups is 2. The lowest BCUT2D eigenvalue weighted by Gasteiger charge is -2.25. The third-order valence-electron chi connectivity index (χ3n) is 4.08. The highest BCUT2D eigenvalue weighted by Crippen LogP contribution is 2.31. The normalized spacial score (nSPS) is 20.0. The van der Waals surface area contributed by atoms with Gasteiger partial charge in [-0.2, -0.15) is 0 Å². The Morgan fingerprint density at radius 1 is 1.17 bits per heavy atom. The summed E-state index contributed by atoms with van der Waals surface area (Å²) >= 11 is 3.37. The summed E-state index contributed by atoms with van der Waals surface area (Å²) in [7, 11) is 0. The molecule has 5 nitrogen and oxygen atoms in total. The van der Waals surface area contributed by atoms with Crippen LogP contribution in [0.5, 0.6) is 0 Å². The molecule has 0 aliphatic carbocycles. The zero-order chi connectivity index (χ0) is 17.5. The number of carbonyl (C=O) groups excluding carboxylic acids is 2. The highest BCUT2D eigenvalue weighted by molar-refractivity contribution is 9.10. The van der Waals surface area contributed by atoms with Crippen molar-refractivity contribution in [3.05, 3.63) is 46.1 Å². The topological polar surface area (TPSA) is 49.9 Å². The molecule has 2 heterocycles. The van der Waals surface area contributed by atoms with Crippen LogP contribution < -0.4 is 0 Å². The van der Waals surface area contributed by atoms with Gasteiger partial charge >= 0.3 is 6.09 Å². The zero-order valence-corrected chi connectivity index (χ0v) is 15.7. The van der Waals surface area contributed by atoms with Crippen molar-refractivity contribution in [3.8, 4) is 0 Å². The Morgan fingerprint density at radius 3 is 2.42 bits per heavy atom. The van der Waals surface area contributed by atoms with Crippen molar-refractivity contribution >= 4 is 27.9 Å². The van der Waals surface area contributed by atoms with Crippen LogP contribution in [-0.4, -0.2) is 47.0 Å². The van der Waals surface area contributed by atoms with E-state index in [1.54, 1.807) is 9.80 Å². The van der Waals surface area contributed by atoms with Crippen molar-refractivity contribution in [2.75, 3.05) is 19.6 Å². The molecule has 2 aliphatic rings. The number of rotatable bonds is 1. The smallest absolute Gasteiger partial charge is 0.410 e. The van der Waals surface area contributed by atoms with Gasteiger partial charge in [0.2, 0.25) is 0 Å². The van der Waals surface area contributed by atoms with Gasteiger partial charge in [0, 0.05) is 41.8 Å². The summed E-state index contributed by atoms with van der Waals surface area (Å²) in [5, 5.41) is 0. The zero-order valence-electron chi connectivity index (χ0n) is 14.1. The molecule has 1 fully saturated rings. The number of nitrogens with zero attached hydrogens (tertiary/aromatic N) is 2. The van der Waals surface area contributed by atoms with Gasteiger partial charge in [-0.3, -0.25) is 4.79 Å². The highest BCUT2D eigenvalue weighted by atomic mass is 79.9. The number of amides is 2. The summed E-state index contributed by atoms with van der Waals surface area (Å²) < 4.78 is 6.36. The maximum absolute atomic E-state index is 12.6. The molecule has 0 aromatic heterocycles. The van der Waals surface area contributed by atoms with Crippen LogP contribution in [0.3, 0.4) is 0 Å². The average molecular weight is 393 g/mol. The molecule has 1 unspecified atom stereocenters. The highest BCUT2D eigenvalue weighted by Gasteiger charge is 2.38. The monoisotopic (exact) mass is 392 g/mol. The summed E-state index contributed by atoms with van der Waals surface area (Å²) in [6.45, 7) is 7.33. The van der Waals surface area contributed by atoms with Gasteiger partial charge in [-0.25, -0.2) is 4.79 Å². The Morgan fingerprint density at radius 2 is 1.83 bits per heavy atom. The summed E-state index contributed by atoms with van der Waals surface area (Å²) in [4.78, 5) is 28.2. The quantitative estimate of drug-likeness (QED) is 0.732. The number of ether oxygens (including phenoxy) is 1. The molecule has 3 rings (SSSR count). The van der Waals surface area contributed by atoms with E-state index in [0.717, 1.165) is 10.0 Å². The van der Waals surface area contributed by atoms with Crippen LogP contribution in [0.15, 0.2) is 40.5 Å². The predicted octanol–water partition coefficient (Wildman–Crippen LogP) is 3.66. The molecule has 2 aliphatic heterocycles. The van der Waals surface area contributed by atoms with E-state index in [1.165, 1.54) is 0 Å². The Labute approximate surface area is 150 Å². The van der Waals surface area contributed by atoms with Crippen molar-refractivity contribution in [2.45, 2.75) is 26.4 Å². The first-order valence-corrected chi connectivity index (χ1v) is 8.77. The maximum atomic E-state index is 12.6. The number of fused-ring (bicyclic) bond motifs is 1. The minimum atomic E-state index is -0.493. The van der Waals surface area contributed by atoms with Gasteiger partial charge in [0.1, 0.15) is 5.60 Å². The van der Waals surface area contributed by atoms with Gasteiger partial charge in [0.25, 0.3) is 5.91 Å². The van der Waals surface area contributed by atoms with E-state index in [0.29, 0.717) is 25.2 Å². The first-order valence-electron chi connectivity index (χ1n) is 7.98. The molecule has 2 amide bonds. The minimum absolute atomic E-state index is 0.00628. The molecule has 0 spiro atoms. The van der Waals surface area contributed by atoms with Crippen molar-refractivity contribution in [1.29, 1.82) is 0 Å². The fourth-order valence-corrected chi connectivity index (χ4v) is 3.24. The first kappa shape index (κ1) is 17.0. The van der Waals surface area contributed by atoms with Gasteiger partial charge in [0.05, 0.1) is 0 Å². The molecule has 1 aromatic carbocycles. The second-order valence-electron chi connectivity index (χ2n) is 7.23. The third-order valence-corrected chi connectivity index (χ3v) is 4.61. The standard InChI is InChI=1S/C18H21BrN2O3/c1-18(2,3)24-17(23)21-10-13-8-20(9-14(13)11-21)16(22)12-4-6-15(19)7-5-12/h4-8,14H,9-11H2,1-3H3. The van der Waals surface area contributed by atoms with Crippen LogP contribution in [0.2, 0.25) is 0 Å². The third kappa shape index (κ3) is 3.64. The lowest BCUT2D eigenvalue weighted by Crippen LogP contribution is -2.37. The lowest BCUT2D eigenvalue weighted by atomic mass is 10.1. The predicted molar refractivity (Wildman–Crippen MR) is 94.6 cm³/mol. The number of hydrogen-bond donors (Lipinski definition) is 0. The van der Waals surface area contributed by atoms with Crippen LogP contribution in [0, 0.1) is 5.92 Å². The molecule has 128 valence electrons. The van der Waals surface area contributed by atoms with Crippen LogP contribution in [0.4, 0.5) is 4.79 Å².